The lowest BCUT2D eigenvalue weighted by molar-refractivity contribution is -0.274. The van der Waals surface area contributed by atoms with Crippen LogP contribution < -0.4 is 9.47 Å². The largest absolute Gasteiger partial charge is 0.573 e. The summed E-state index contributed by atoms with van der Waals surface area (Å²) >= 11 is 0. The van der Waals surface area contributed by atoms with Crippen molar-refractivity contribution in [2.24, 2.45) is 0 Å². The summed E-state index contributed by atoms with van der Waals surface area (Å²) in [5.41, 5.74) is 0. The van der Waals surface area contributed by atoms with E-state index < -0.39 is 18.1 Å². The topological polar surface area (TPSA) is 35.5 Å². The molecule has 1 rings (SSSR count). The van der Waals surface area contributed by atoms with Crippen LogP contribution in [0, 0.1) is 0 Å². The van der Waals surface area contributed by atoms with Gasteiger partial charge in [-0.25, -0.2) is 0 Å². The van der Waals surface area contributed by atoms with Gasteiger partial charge in [-0.05, 0) is 18.6 Å². The molecule has 6 heteroatoms. The first-order chi connectivity index (χ1) is 7.90. The Hall–Kier alpha value is -1.72. The number of benzene rings is 1. The third-order valence-electron chi connectivity index (χ3n) is 1.72. The minimum Gasteiger partial charge on any atom is -0.426 e. The highest BCUT2D eigenvalue weighted by Crippen LogP contribution is 2.26. The Labute approximate surface area is 96.1 Å². The molecule has 1 aromatic carbocycles. The van der Waals surface area contributed by atoms with Crippen molar-refractivity contribution in [1.29, 1.82) is 0 Å². The summed E-state index contributed by atoms with van der Waals surface area (Å²) in [7, 11) is 0. The first-order valence-corrected chi connectivity index (χ1v) is 4.97. The van der Waals surface area contributed by atoms with Crippen molar-refractivity contribution in [2.75, 3.05) is 0 Å². The van der Waals surface area contributed by atoms with Gasteiger partial charge in [-0.15, -0.1) is 13.2 Å². The lowest BCUT2D eigenvalue weighted by Crippen LogP contribution is -2.17. The minimum absolute atomic E-state index is 0.0326. The highest BCUT2D eigenvalue weighted by atomic mass is 19.4. The standard InChI is InChI=1S/C11H11F3O3/c1-2-4-10(15)16-8-5-3-6-9(7-8)17-11(12,13)14/h3,5-7H,2,4H2,1H3. The number of hydrogen-bond acceptors (Lipinski definition) is 3. The van der Waals surface area contributed by atoms with Crippen LogP contribution in [0.15, 0.2) is 24.3 Å². The maximum atomic E-state index is 11.9. The summed E-state index contributed by atoms with van der Waals surface area (Å²) < 4.78 is 44.3. The average Bonchev–Trinajstić information content (AvgIpc) is 2.15. The van der Waals surface area contributed by atoms with E-state index in [-0.39, 0.29) is 12.2 Å². The van der Waals surface area contributed by atoms with Crippen LogP contribution in [-0.2, 0) is 4.79 Å². The van der Waals surface area contributed by atoms with E-state index in [1.54, 1.807) is 6.92 Å². The predicted molar refractivity (Wildman–Crippen MR) is 53.7 cm³/mol. The van der Waals surface area contributed by atoms with Gasteiger partial charge in [-0.1, -0.05) is 13.0 Å². The molecule has 0 aliphatic heterocycles. The lowest BCUT2D eigenvalue weighted by atomic mass is 10.3. The Morgan fingerprint density at radius 3 is 2.53 bits per heavy atom. The van der Waals surface area contributed by atoms with E-state index in [1.807, 2.05) is 0 Å². The van der Waals surface area contributed by atoms with Crippen molar-refractivity contribution >= 4 is 5.97 Å². The molecule has 0 unspecified atom stereocenters. The molecule has 17 heavy (non-hydrogen) atoms. The smallest absolute Gasteiger partial charge is 0.426 e. The van der Waals surface area contributed by atoms with Crippen LogP contribution in [-0.4, -0.2) is 12.3 Å². The first-order valence-electron chi connectivity index (χ1n) is 4.97. The molecule has 0 heterocycles. The molecule has 0 bridgehead atoms. The number of alkyl halides is 3. The second-order valence-electron chi connectivity index (χ2n) is 3.25. The van der Waals surface area contributed by atoms with Gasteiger partial charge < -0.3 is 9.47 Å². The van der Waals surface area contributed by atoms with Gasteiger partial charge in [0.05, 0.1) is 0 Å². The van der Waals surface area contributed by atoms with E-state index in [0.717, 1.165) is 12.1 Å². The van der Waals surface area contributed by atoms with Crippen LogP contribution in [0.5, 0.6) is 11.5 Å². The summed E-state index contributed by atoms with van der Waals surface area (Å²) in [6.45, 7) is 1.80. The minimum atomic E-state index is -4.76. The third-order valence-corrected chi connectivity index (χ3v) is 1.72. The molecule has 0 radical (unpaired) electrons. The van der Waals surface area contributed by atoms with Crippen LogP contribution in [0.4, 0.5) is 13.2 Å². The second kappa shape index (κ2) is 5.56. The van der Waals surface area contributed by atoms with E-state index >= 15 is 0 Å². The van der Waals surface area contributed by atoms with E-state index in [9.17, 15) is 18.0 Å². The molecule has 0 aromatic heterocycles. The zero-order valence-corrected chi connectivity index (χ0v) is 9.08. The fraction of sp³-hybridized carbons (Fsp3) is 0.364. The SMILES string of the molecule is CCCC(=O)Oc1cccc(OC(F)(F)F)c1. The lowest BCUT2D eigenvalue weighted by Gasteiger charge is -2.09. The van der Waals surface area contributed by atoms with E-state index in [0.29, 0.717) is 6.42 Å². The number of carbonyl (C=O) groups is 1. The van der Waals surface area contributed by atoms with Gasteiger partial charge in [-0.2, -0.15) is 0 Å². The fourth-order valence-corrected chi connectivity index (χ4v) is 1.12. The average molecular weight is 248 g/mol. The van der Waals surface area contributed by atoms with E-state index in [4.69, 9.17) is 4.74 Å². The monoisotopic (exact) mass is 248 g/mol. The normalized spacial score (nSPS) is 11.1. The number of ether oxygens (including phenoxy) is 2. The maximum Gasteiger partial charge on any atom is 0.573 e. The number of esters is 1. The van der Waals surface area contributed by atoms with Crippen LogP contribution in [0.1, 0.15) is 19.8 Å². The summed E-state index contributed by atoms with van der Waals surface area (Å²) in [6, 6.07) is 4.85. The van der Waals surface area contributed by atoms with E-state index in [2.05, 4.69) is 4.74 Å². The third kappa shape index (κ3) is 5.24. The van der Waals surface area contributed by atoms with Crippen molar-refractivity contribution in [3.63, 3.8) is 0 Å². The van der Waals surface area contributed by atoms with E-state index in [1.165, 1.54) is 12.1 Å². The van der Waals surface area contributed by atoms with Crippen molar-refractivity contribution in [1.82, 2.24) is 0 Å². The van der Waals surface area contributed by atoms with Crippen molar-refractivity contribution in [3.05, 3.63) is 24.3 Å². The molecule has 0 spiro atoms. The molecule has 94 valence electrons. The van der Waals surface area contributed by atoms with Crippen molar-refractivity contribution < 1.29 is 27.4 Å². The van der Waals surface area contributed by atoms with Gasteiger partial charge in [0, 0.05) is 12.5 Å². The number of halogens is 3. The quantitative estimate of drug-likeness (QED) is 0.605. The predicted octanol–water partition coefficient (Wildman–Crippen LogP) is 3.29. The Morgan fingerprint density at radius 2 is 1.94 bits per heavy atom. The zero-order chi connectivity index (χ0) is 12.9. The summed E-state index contributed by atoms with van der Waals surface area (Å²) in [5, 5.41) is 0. The van der Waals surface area contributed by atoms with Crippen molar-refractivity contribution in [3.8, 4) is 11.5 Å². The van der Waals surface area contributed by atoms with Gasteiger partial charge >= 0.3 is 12.3 Å². The fourth-order valence-electron chi connectivity index (χ4n) is 1.12. The summed E-state index contributed by atoms with van der Waals surface area (Å²) in [6.07, 6.45) is -3.94. The number of hydrogen-bond donors (Lipinski definition) is 0. The van der Waals surface area contributed by atoms with Gasteiger partial charge in [0.25, 0.3) is 0 Å². The molecule has 0 atom stereocenters. The molecular weight excluding hydrogens is 237 g/mol. The van der Waals surface area contributed by atoms with Gasteiger partial charge in [0.2, 0.25) is 0 Å². The van der Waals surface area contributed by atoms with Crippen molar-refractivity contribution in [2.45, 2.75) is 26.1 Å². The number of carbonyl (C=O) groups excluding carboxylic acids is 1. The van der Waals surface area contributed by atoms with Crippen LogP contribution >= 0.6 is 0 Å². The molecule has 0 aliphatic rings. The summed E-state index contributed by atoms with van der Waals surface area (Å²) in [4.78, 5) is 11.1. The molecule has 0 fully saturated rings. The molecule has 0 N–H and O–H groups in total. The highest BCUT2D eigenvalue weighted by Gasteiger charge is 2.31. The van der Waals surface area contributed by atoms with Gasteiger partial charge in [0.1, 0.15) is 11.5 Å². The summed E-state index contributed by atoms with van der Waals surface area (Å²) in [5.74, 6) is -0.874. The molecule has 0 saturated heterocycles. The van der Waals surface area contributed by atoms with Crippen LogP contribution in [0.25, 0.3) is 0 Å². The van der Waals surface area contributed by atoms with Gasteiger partial charge in [-0.3, -0.25) is 4.79 Å². The van der Waals surface area contributed by atoms with Crippen LogP contribution in [0.3, 0.4) is 0 Å². The highest BCUT2D eigenvalue weighted by molar-refractivity contribution is 5.72. The maximum absolute atomic E-state index is 11.9. The molecule has 0 saturated carbocycles. The number of rotatable bonds is 4. The van der Waals surface area contributed by atoms with Crippen LogP contribution in [0.2, 0.25) is 0 Å². The first kappa shape index (κ1) is 13.3. The Kier molecular flexibility index (Phi) is 4.37. The molecule has 0 aliphatic carbocycles. The zero-order valence-electron chi connectivity index (χ0n) is 9.08. The molecule has 3 nitrogen and oxygen atoms in total. The molecule has 0 amide bonds. The molecular formula is C11H11F3O3. The second-order valence-corrected chi connectivity index (χ2v) is 3.25. The Bertz CT molecular complexity index is 388. The Morgan fingerprint density at radius 1 is 1.29 bits per heavy atom. The Balaban J connectivity index is 2.69. The molecule has 1 aromatic rings. The van der Waals surface area contributed by atoms with Gasteiger partial charge in [0.15, 0.2) is 0 Å².